The van der Waals surface area contributed by atoms with E-state index in [9.17, 15) is 4.79 Å². The molecule has 1 saturated heterocycles. The predicted molar refractivity (Wildman–Crippen MR) is 47.0 cm³/mol. The Bertz CT molecular complexity index is 150. The van der Waals surface area contributed by atoms with Crippen LogP contribution in [0.5, 0.6) is 0 Å². The molecule has 3 heteroatoms. The molecule has 0 radical (unpaired) electrons. The van der Waals surface area contributed by atoms with Gasteiger partial charge < -0.3 is 5.11 Å². The average molecular weight is 174 g/mol. The Hall–Kier alpha value is -0.180. The maximum Gasteiger partial charge on any atom is 0.303 e. The number of carboxylic acids is 1. The largest absolute Gasteiger partial charge is 0.481 e. The summed E-state index contributed by atoms with van der Waals surface area (Å²) >= 11 is 1.92. The molecule has 0 aromatic rings. The van der Waals surface area contributed by atoms with Gasteiger partial charge in [-0.1, -0.05) is 6.92 Å². The van der Waals surface area contributed by atoms with Crippen LogP contribution in [-0.2, 0) is 4.79 Å². The smallest absolute Gasteiger partial charge is 0.303 e. The number of hydrogen-bond acceptors (Lipinski definition) is 2. The molecular formula is C8H14O2S. The summed E-state index contributed by atoms with van der Waals surface area (Å²) < 4.78 is 0.262. The van der Waals surface area contributed by atoms with Gasteiger partial charge in [-0.3, -0.25) is 4.79 Å². The summed E-state index contributed by atoms with van der Waals surface area (Å²) in [5, 5.41) is 8.48. The van der Waals surface area contributed by atoms with Crippen molar-refractivity contribution in [2.45, 2.75) is 37.4 Å². The lowest BCUT2D eigenvalue weighted by Gasteiger charge is -2.20. The van der Waals surface area contributed by atoms with Crippen LogP contribution < -0.4 is 0 Å². The molecule has 1 rings (SSSR count). The number of carbonyl (C=O) groups is 1. The maximum atomic E-state index is 10.3. The van der Waals surface area contributed by atoms with Crippen LogP contribution in [-0.4, -0.2) is 21.6 Å². The Labute approximate surface area is 71.4 Å². The normalized spacial score (nSPS) is 30.6. The summed E-state index contributed by atoms with van der Waals surface area (Å²) in [5.74, 6) is 0.537. The van der Waals surface area contributed by atoms with E-state index in [-0.39, 0.29) is 4.75 Å². The molecule has 1 heterocycles. The number of rotatable bonds is 3. The van der Waals surface area contributed by atoms with Gasteiger partial charge in [0.1, 0.15) is 0 Å². The first-order valence-electron chi connectivity index (χ1n) is 3.98. The number of hydrogen-bond donors (Lipinski definition) is 1. The Balaban J connectivity index is 2.28. The second-order valence-electron chi connectivity index (χ2n) is 3.30. The molecule has 1 unspecified atom stereocenters. The van der Waals surface area contributed by atoms with Crippen molar-refractivity contribution in [3.05, 3.63) is 0 Å². The molecule has 0 aliphatic carbocycles. The molecule has 0 spiro atoms. The van der Waals surface area contributed by atoms with Crippen LogP contribution in [0, 0.1) is 0 Å². The van der Waals surface area contributed by atoms with Crippen molar-refractivity contribution in [2.75, 3.05) is 5.75 Å². The maximum absolute atomic E-state index is 10.3. The molecule has 2 nitrogen and oxygen atoms in total. The first-order valence-corrected chi connectivity index (χ1v) is 4.97. The van der Waals surface area contributed by atoms with Crippen molar-refractivity contribution in [3.63, 3.8) is 0 Å². The summed E-state index contributed by atoms with van der Waals surface area (Å²) in [4.78, 5) is 10.3. The average Bonchev–Trinajstić information content (AvgIpc) is 2.33. The first kappa shape index (κ1) is 8.91. The molecule has 64 valence electrons. The third-order valence-corrected chi connectivity index (χ3v) is 3.77. The fourth-order valence-corrected chi connectivity index (χ4v) is 2.72. The molecule has 0 aromatic heterocycles. The molecule has 1 fully saturated rings. The van der Waals surface area contributed by atoms with Crippen LogP contribution in [0.3, 0.4) is 0 Å². The number of carboxylic acid groups (broad SMARTS) is 1. The minimum atomic E-state index is -0.668. The highest BCUT2D eigenvalue weighted by Gasteiger charge is 2.29. The second kappa shape index (κ2) is 3.48. The molecule has 11 heavy (non-hydrogen) atoms. The van der Waals surface area contributed by atoms with Crippen LogP contribution in [0.25, 0.3) is 0 Å². The van der Waals surface area contributed by atoms with Crippen molar-refractivity contribution < 1.29 is 9.90 Å². The van der Waals surface area contributed by atoms with Gasteiger partial charge in [0.05, 0.1) is 0 Å². The van der Waals surface area contributed by atoms with E-state index in [1.165, 1.54) is 18.6 Å². The van der Waals surface area contributed by atoms with Gasteiger partial charge in [-0.25, -0.2) is 0 Å². The SMILES string of the molecule is CC1(CCC(=O)O)CCCS1. The van der Waals surface area contributed by atoms with E-state index < -0.39 is 5.97 Å². The van der Waals surface area contributed by atoms with Gasteiger partial charge in [-0.2, -0.15) is 11.8 Å². The summed E-state index contributed by atoms with van der Waals surface area (Å²) in [7, 11) is 0. The molecule has 0 amide bonds. The zero-order valence-corrected chi connectivity index (χ0v) is 7.62. The van der Waals surface area contributed by atoms with Crippen molar-refractivity contribution in [2.24, 2.45) is 0 Å². The monoisotopic (exact) mass is 174 g/mol. The lowest BCUT2D eigenvalue weighted by Crippen LogP contribution is -2.16. The molecule has 1 aliphatic heterocycles. The van der Waals surface area contributed by atoms with Crippen LogP contribution >= 0.6 is 11.8 Å². The third kappa shape index (κ3) is 2.73. The van der Waals surface area contributed by atoms with Gasteiger partial charge in [0.15, 0.2) is 0 Å². The van der Waals surface area contributed by atoms with E-state index in [1.54, 1.807) is 0 Å². The van der Waals surface area contributed by atoms with E-state index in [1.807, 2.05) is 11.8 Å². The van der Waals surface area contributed by atoms with Crippen molar-refractivity contribution in [1.29, 1.82) is 0 Å². The lowest BCUT2D eigenvalue weighted by atomic mass is 10.00. The highest BCUT2D eigenvalue weighted by molar-refractivity contribution is 8.00. The Morgan fingerprint density at radius 2 is 2.45 bits per heavy atom. The Kier molecular flexibility index (Phi) is 2.82. The summed E-state index contributed by atoms with van der Waals surface area (Å²) in [6.45, 7) is 2.17. The van der Waals surface area contributed by atoms with Crippen LogP contribution in [0.2, 0.25) is 0 Å². The summed E-state index contributed by atoms with van der Waals surface area (Å²) in [5.41, 5.74) is 0. The topological polar surface area (TPSA) is 37.3 Å². The summed E-state index contributed by atoms with van der Waals surface area (Å²) in [6.07, 6.45) is 3.59. The summed E-state index contributed by atoms with van der Waals surface area (Å²) in [6, 6.07) is 0. The van der Waals surface area contributed by atoms with Crippen LogP contribution in [0.1, 0.15) is 32.6 Å². The molecule has 0 aromatic carbocycles. The third-order valence-electron chi connectivity index (χ3n) is 2.17. The van der Waals surface area contributed by atoms with Crippen LogP contribution in [0.15, 0.2) is 0 Å². The van der Waals surface area contributed by atoms with Crippen molar-refractivity contribution in [3.8, 4) is 0 Å². The minimum absolute atomic E-state index is 0.262. The minimum Gasteiger partial charge on any atom is -0.481 e. The predicted octanol–water partition coefficient (Wildman–Crippen LogP) is 2.14. The van der Waals surface area contributed by atoms with E-state index >= 15 is 0 Å². The zero-order chi connectivity index (χ0) is 8.32. The Morgan fingerprint density at radius 3 is 2.91 bits per heavy atom. The highest BCUT2D eigenvalue weighted by atomic mass is 32.2. The van der Waals surface area contributed by atoms with Gasteiger partial charge in [0, 0.05) is 11.2 Å². The quantitative estimate of drug-likeness (QED) is 0.712. The standard InChI is InChI=1S/C8H14O2S/c1-8(4-2-6-11-8)5-3-7(9)10/h2-6H2,1H3,(H,9,10). The lowest BCUT2D eigenvalue weighted by molar-refractivity contribution is -0.137. The van der Waals surface area contributed by atoms with Crippen molar-refractivity contribution >= 4 is 17.7 Å². The zero-order valence-electron chi connectivity index (χ0n) is 6.80. The van der Waals surface area contributed by atoms with E-state index in [4.69, 9.17) is 5.11 Å². The van der Waals surface area contributed by atoms with E-state index in [2.05, 4.69) is 6.92 Å². The number of aliphatic carboxylic acids is 1. The molecule has 0 bridgehead atoms. The highest BCUT2D eigenvalue weighted by Crippen LogP contribution is 2.40. The fourth-order valence-electron chi connectivity index (χ4n) is 1.41. The molecule has 1 atom stereocenters. The van der Waals surface area contributed by atoms with Gasteiger partial charge in [-0.15, -0.1) is 0 Å². The number of thioether (sulfide) groups is 1. The van der Waals surface area contributed by atoms with Gasteiger partial charge in [-0.05, 0) is 25.0 Å². The Morgan fingerprint density at radius 1 is 1.73 bits per heavy atom. The molecule has 1 aliphatic rings. The molecule has 0 saturated carbocycles. The van der Waals surface area contributed by atoms with Crippen LogP contribution in [0.4, 0.5) is 0 Å². The molecular weight excluding hydrogens is 160 g/mol. The van der Waals surface area contributed by atoms with E-state index in [0.29, 0.717) is 6.42 Å². The first-order chi connectivity index (χ1) is 5.12. The van der Waals surface area contributed by atoms with Gasteiger partial charge in [0.2, 0.25) is 0 Å². The second-order valence-corrected chi connectivity index (χ2v) is 4.98. The van der Waals surface area contributed by atoms with E-state index in [0.717, 1.165) is 6.42 Å². The van der Waals surface area contributed by atoms with Gasteiger partial charge in [0.25, 0.3) is 0 Å². The molecule has 1 N–H and O–H groups in total. The fraction of sp³-hybridized carbons (Fsp3) is 0.875. The van der Waals surface area contributed by atoms with Crippen molar-refractivity contribution in [1.82, 2.24) is 0 Å². The van der Waals surface area contributed by atoms with Gasteiger partial charge >= 0.3 is 5.97 Å².